The molecule has 4 heteroatoms. The summed E-state index contributed by atoms with van der Waals surface area (Å²) in [5.41, 5.74) is 2.02. The normalized spacial score (nSPS) is 11.1. The quantitative estimate of drug-likeness (QED) is 0.738. The van der Waals surface area contributed by atoms with Gasteiger partial charge in [0.2, 0.25) is 5.43 Å². The molecule has 0 bridgehead atoms. The number of fused-ring (bicyclic) bond motifs is 1. The molecule has 0 aliphatic rings. The smallest absolute Gasteiger partial charge is 0.207 e. The van der Waals surface area contributed by atoms with E-state index in [9.17, 15) is 4.79 Å². The number of aromatic nitrogens is 3. The summed E-state index contributed by atoms with van der Waals surface area (Å²) in [5, 5.41) is 0. The Morgan fingerprint density at radius 1 is 1.36 bits per heavy atom. The van der Waals surface area contributed by atoms with Crippen molar-refractivity contribution in [3.05, 3.63) is 34.5 Å². The molecule has 2 rings (SSSR count). The van der Waals surface area contributed by atoms with Gasteiger partial charge >= 0.3 is 0 Å². The number of aromatic amines is 1. The molecular weight excluding hydrogens is 178 g/mol. The molecule has 2 aromatic rings. The van der Waals surface area contributed by atoms with Crippen LogP contribution in [-0.4, -0.2) is 15.0 Å². The Bertz CT molecular complexity index is 516. The van der Waals surface area contributed by atoms with Crippen LogP contribution in [0.15, 0.2) is 23.4 Å². The van der Waals surface area contributed by atoms with Crippen LogP contribution in [0, 0.1) is 0 Å². The zero-order chi connectivity index (χ0) is 10.1. The van der Waals surface area contributed by atoms with E-state index in [1.165, 1.54) is 12.4 Å². The summed E-state index contributed by atoms with van der Waals surface area (Å²) in [6, 6.07) is 1.47. The first-order valence-electron chi connectivity index (χ1n) is 4.52. The zero-order valence-corrected chi connectivity index (χ0v) is 8.11. The number of nitrogens with one attached hydrogen (secondary N) is 1. The van der Waals surface area contributed by atoms with Crippen molar-refractivity contribution in [3.8, 4) is 0 Å². The maximum atomic E-state index is 11.4. The fraction of sp³-hybridized carbons (Fsp3) is 0.300. The molecule has 14 heavy (non-hydrogen) atoms. The number of H-pyrrole nitrogens is 1. The van der Waals surface area contributed by atoms with Crippen molar-refractivity contribution in [1.82, 2.24) is 15.0 Å². The summed E-state index contributed by atoms with van der Waals surface area (Å²) in [5.74, 6) is 0.276. The Hall–Kier alpha value is -1.71. The predicted octanol–water partition coefficient (Wildman–Crippen LogP) is 1.44. The first-order valence-corrected chi connectivity index (χ1v) is 4.52. The molecule has 0 saturated carbocycles. The monoisotopic (exact) mass is 189 g/mol. The highest BCUT2D eigenvalue weighted by molar-refractivity contribution is 5.75. The van der Waals surface area contributed by atoms with Crippen LogP contribution in [0.25, 0.3) is 11.0 Å². The maximum absolute atomic E-state index is 11.4. The van der Waals surface area contributed by atoms with E-state index in [1.807, 2.05) is 13.8 Å². The van der Waals surface area contributed by atoms with Crippen LogP contribution < -0.4 is 5.43 Å². The lowest BCUT2D eigenvalue weighted by atomic mass is 10.1. The van der Waals surface area contributed by atoms with Crippen LogP contribution in [0.1, 0.15) is 25.5 Å². The minimum Gasteiger partial charge on any atom is -0.358 e. The van der Waals surface area contributed by atoms with Crippen LogP contribution in [0.3, 0.4) is 0 Å². The summed E-state index contributed by atoms with van der Waals surface area (Å²) in [4.78, 5) is 22.6. The summed E-state index contributed by atoms with van der Waals surface area (Å²) >= 11 is 0. The van der Waals surface area contributed by atoms with Crippen LogP contribution >= 0.6 is 0 Å². The van der Waals surface area contributed by atoms with Crippen molar-refractivity contribution < 1.29 is 0 Å². The van der Waals surface area contributed by atoms with E-state index in [2.05, 4.69) is 15.0 Å². The summed E-state index contributed by atoms with van der Waals surface area (Å²) in [6.07, 6.45) is 3.06. The Labute approximate surface area is 81.0 Å². The van der Waals surface area contributed by atoms with Crippen molar-refractivity contribution in [2.75, 3.05) is 0 Å². The van der Waals surface area contributed by atoms with Crippen molar-refractivity contribution in [3.63, 3.8) is 0 Å². The summed E-state index contributed by atoms with van der Waals surface area (Å²) in [7, 11) is 0. The van der Waals surface area contributed by atoms with E-state index < -0.39 is 0 Å². The maximum Gasteiger partial charge on any atom is 0.207 e. The van der Waals surface area contributed by atoms with Crippen molar-refractivity contribution >= 4 is 11.0 Å². The average Bonchev–Trinajstić information content (AvgIpc) is 2.17. The number of rotatable bonds is 1. The van der Waals surface area contributed by atoms with Gasteiger partial charge in [-0.05, 0) is 5.92 Å². The van der Waals surface area contributed by atoms with Gasteiger partial charge in [-0.25, -0.2) is 9.97 Å². The second-order valence-corrected chi connectivity index (χ2v) is 3.48. The van der Waals surface area contributed by atoms with E-state index >= 15 is 0 Å². The van der Waals surface area contributed by atoms with E-state index in [4.69, 9.17) is 0 Å². The molecule has 0 saturated heterocycles. The first-order chi connectivity index (χ1) is 6.70. The molecule has 0 unspecified atom stereocenters. The third kappa shape index (κ3) is 1.28. The summed E-state index contributed by atoms with van der Waals surface area (Å²) in [6.45, 7) is 4.07. The van der Waals surface area contributed by atoms with Gasteiger partial charge in [-0.3, -0.25) is 4.79 Å². The van der Waals surface area contributed by atoms with Crippen LogP contribution in [0.2, 0.25) is 0 Å². The number of hydrogen-bond acceptors (Lipinski definition) is 3. The lowest BCUT2D eigenvalue weighted by Crippen LogP contribution is -2.06. The second kappa shape index (κ2) is 3.21. The van der Waals surface area contributed by atoms with Gasteiger partial charge in [-0.2, -0.15) is 0 Å². The molecule has 0 aliphatic carbocycles. The molecule has 2 heterocycles. The van der Waals surface area contributed by atoms with E-state index in [-0.39, 0.29) is 11.3 Å². The molecule has 4 nitrogen and oxygen atoms in total. The van der Waals surface area contributed by atoms with Gasteiger partial charge in [-0.15, -0.1) is 0 Å². The lowest BCUT2D eigenvalue weighted by molar-refractivity contribution is 0.824. The third-order valence-electron chi connectivity index (χ3n) is 2.12. The zero-order valence-electron chi connectivity index (χ0n) is 8.11. The Kier molecular flexibility index (Phi) is 2.04. The van der Waals surface area contributed by atoms with Crippen molar-refractivity contribution in [2.45, 2.75) is 19.8 Å². The fourth-order valence-corrected chi connectivity index (χ4v) is 1.45. The van der Waals surface area contributed by atoms with Crippen LogP contribution in [0.5, 0.6) is 0 Å². The average molecular weight is 189 g/mol. The highest BCUT2D eigenvalue weighted by Crippen LogP contribution is 2.16. The molecular formula is C10H11N3O. The molecule has 0 spiro atoms. The van der Waals surface area contributed by atoms with Crippen molar-refractivity contribution in [1.29, 1.82) is 0 Å². The van der Waals surface area contributed by atoms with Gasteiger partial charge in [0.1, 0.15) is 11.8 Å². The predicted molar refractivity (Wildman–Crippen MR) is 54.2 cm³/mol. The van der Waals surface area contributed by atoms with Gasteiger partial charge in [0, 0.05) is 12.3 Å². The molecule has 0 fully saturated rings. The number of nitrogens with zero attached hydrogens (tertiary/aromatic N) is 2. The molecule has 1 N–H and O–H groups in total. The van der Waals surface area contributed by atoms with Gasteiger partial charge in [0.15, 0.2) is 0 Å². The Balaban J connectivity index is 2.88. The van der Waals surface area contributed by atoms with Gasteiger partial charge in [0.05, 0.1) is 11.2 Å². The minimum atomic E-state index is -0.0666. The fourth-order valence-electron chi connectivity index (χ4n) is 1.45. The Morgan fingerprint density at radius 2 is 2.14 bits per heavy atom. The summed E-state index contributed by atoms with van der Waals surface area (Å²) < 4.78 is 0. The third-order valence-corrected chi connectivity index (χ3v) is 2.12. The number of hydrogen-bond donors (Lipinski definition) is 1. The molecule has 2 aromatic heterocycles. The standard InChI is InChI=1S/C10H11N3O/c1-6(2)8-10-9(13-5-12-8)7(14)3-4-11-10/h3-6H,1-2H3,(H,11,14). The number of pyridine rings is 1. The molecule has 0 aromatic carbocycles. The molecule has 0 amide bonds. The largest absolute Gasteiger partial charge is 0.358 e. The van der Waals surface area contributed by atoms with Gasteiger partial charge < -0.3 is 4.98 Å². The highest BCUT2D eigenvalue weighted by atomic mass is 16.1. The topological polar surface area (TPSA) is 58.6 Å². The lowest BCUT2D eigenvalue weighted by Gasteiger charge is -2.06. The highest BCUT2D eigenvalue weighted by Gasteiger charge is 2.08. The second-order valence-electron chi connectivity index (χ2n) is 3.48. The van der Waals surface area contributed by atoms with E-state index in [1.54, 1.807) is 6.20 Å². The first kappa shape index (κ1) is 8.87. The van der Waals surface area contributed by atoms with Crippen LogP contribution in [0.4, 0.5) is 0 Å². The van der Waals surface area contributed by atoms with E-state index in [0.717, 1.165) is 11.2 Å². The van der Waals surface area contributed by atoms with Gasteiger partial charge in [0.25, 0.3) is 0 Å². The Morgan fingerprint density at radius 3 is 2.86 bits per heavy atom. The van der Waals surface area contributed by atoms with Crippen LogP contribution in [-0.2, 0) is 0 Å². The minimum absolute atomic E-state index is 0.0666. The SMILES string of the molecule is CC(C)c1ncnc2c(=O)cc[nH]c12. The molecule has 0 atom stereocenters. The molecule has 0 radical (unpaired) electrons. The molecule has 72 valence electrons. The molecule has 0 aliphatic heterocycles. The van der Waals surface area contributed by atoms with Gasteiger partial charge in [-0.1, -0.05) is 13.8 Å². The van der Waals surface area contributed by atoms with Crippen molar-refractivity contribution in [2.24, 2.45) is 0 Å². The van der Waals surface area contributed by atoms with E-state index in [0.29, 0.717) is 5.52 Å².